The van der Waals surface area contributed by atoms with Crippen molar-refractivity contribution in [3.05, 3.63) is 0 Å². The Labute approximate surface area is 79.1 Å². The minimum absolute atomic E-state index is 0.0379. The first-order chi connectivity index (χ1) is 5.96. The summed E-state index contributed by atoms with van der Waals surface area (Å²) >= 11 is 0. The highest BCUT2D eigenvalue weighted by Gasteiger charge is 2.40. The highest BCUT2D eigenvalue weighted by atomic mass is 19.3. The lowest BCUT2D eigenvalue weighted by atomic mass is 10.0. The Morgan fingerprint density at radius 2 is 2.00 bits per heavy atom. The average molecular weight is 191 g/mol. The Kier molecular flexibility index (Phi) is 3.28. The Morgan fingerprint density at radius 3 is 2.31 bits per heavy atom. The lowest BCUT2D eigenvalue weighted by molar-refractivity contribution is 0.00469. The molecule has 0 bridgehead atoms. The van der Waals surface area contributed by atoms with Gasteiger partial charge in [-0.2, -0.15) is 0 Å². The van der Waals surface area contributed by atoms with Crippen LogP contribution in [0.2, 0.25) is 0 Å². The molecule has 0 amide bonds. The highest BCUT2D eigenvalue weighted by molar-refractivity contribution is 4.86. The van der Waals surface area contributed by atoms with E-state index in [4.69, 9.17) is 0 Å². The third-order valence-electron chi connectivity index (χ3n) is 2.86. The summed E-state index contributed by atoms with van der Waals surface area (Å²) in [7, 11) is 0. The summed E-state index contributed by atoms with van der Waals surface area (Å²) in [6, 6.07) is 0.327. The van der Waals surface area contributed by atoms with E-state index in [0.717, 1.165) is 6.42 Å². The minimum atomic E-state index is -2.44. The van der Waals surface area contributed by atoms with Crippen LogP contribution in [0.5, 0.6) is 0 Å². The lowest BCUT2D eigenvalue weighted by Gasteiger charge is -2.29. The van der Waals surface area contributed by atoms with Crippen molar-refractivity contribution in [2.45, 2.75) is 45.6 Å². The highest BCUT2D eigenvalue weighted by Crippen LogP contribution is 2.30. The number of hydrogen-bond acceptors (Lipinski definition) is 1. The van der Waals surface area contributed by atoms with Gasteiger partial charge in [0.25, 0.3) is 5.92 Å². The molecule has 0 N–H and O–H groups in total. The number of rotatable bonds is 3. The van der Waals surface area contributed by atoms with Crippen molar-refractivity contribution in [1.82, 2.24) is 4.90 Å². The van der Waals surface area contributed by atoms with E-state index in [1.54, 1.807) is 0 Å². The lowest BCUT2D eigenvalue weighted by Crippen LogP contribution is -2.38. The first kappa shape index (κ1) is 10.9. The van der Waals surface area contributed by atoms with Crippen LogP contribution < -0.4 is 0 Å². The molecule has 0 aromatic carbocycles. The van der Waals surface area contributed by atoms with E-state index in [1.807, 2.05) is 4.90 Å². The molecule has 1 fully saturated rings. The van der Waals surface area contributed by atoms with Gasteiger partial charge in [0.2, 0.25) is 0 Å². The van der Waals surface area contributed by atoms with Crippen LogP contribution in [0.1, 0.15) is 33.6 Å². The number of alkyl halides is 2. The second-order valence-electron chi connectivity index (χ2n) is 4.30. The second kappa shape index (κ2) is 3.91. The van der Waals surface area contributed by atoms with Gasteiger partial charge in [0, 0.05) is 19.0 Å². The fraction of sp³-hybridized carbons (Fsp3) is 1.00. The molecule has 0 aromatic heterocycles. The van der Waals surface area contributed by atoms with Gasteiger partial charge in [0.15, 0.2) is 0 Å². The van der Waals surface area contributed by atoms with E-state index >= 15 is 0 Å². The van der Waals surface area contributed by atoms with Crippen molar-refractivity contribution in [1.29, 1.82) is 0 Å². The van der Waals surface area contributed by atoms with Crippen LogP contribution in [0.4, 0.5) is 8.78 Å². The van der Waals surface area contributed by atoms with E-state index in [-0.39, 0.29) is 13.0 Å². The first-order valence-corrected chi connectivity index (χ1v) is 5.08. The molecule has 1 saturated heterocycles. The zero-order chi connectivity index (χ0) is 10.1. The zero-order valence-corrected chi connectivity index (χ0v) is 8.69. The number of likely N-dealkylation sites (tertiary alicyclic amines) is 1. The van der Waals surface area contributed by atoms with Crippen molar-refractivity contribution in [3.8, 4) is 0 Å². The van der Waals surface area contributed by atoms with Crippen molar-refractivity contribution in [2.75, 3.05) is 13.1 Å². The third-order valence-corrected chi connectivity index (χ3v) is 2.86. The van der Waals surface area contributed by atoms with Gasteiger partial charge in [0.05, 0.1) is 6.54 Å². The first-order valence-electron chi connectivity index (χ1n) is 5.08. The van der Waals surface area contributed by atoms with Gasteiger partial charge in [0.1, 0.15) is 0 Å². The number of halogens is 2. The Bertz CT molecular complexity index is 168. The summed E-state index contributed by atoms with van der Waals surface area (Å²) in [5.74, 6) is -1.97. The smallest absolute Gasteiger partial charge is 0.261 e. The van der Waals surface area contributed by atoms with Crippen LogP contribution in [0.15, 0.2) is 0 Å². The van der Waals surface area contributed by atoms with Crippen molar-refractivity contribution in [3.63, 3.8) is 0 Å². The van der Waals surface area contributed by atoms with Crippen LogP contribution in [-0.2, 0) is 0 Å². The maximum atomic E-state index is 12.9. The Balaban J connectivity index is 2.53. The van der Waals surface area contributed by atoms with E-state index in [9.17, 15) is 8.78 Å². The van der Waals surface area contributed by atoms with Gasteiger partial charge in [-0.1, -0.05) is 20.8 Å². The molecule has 78 valence electrons. The molecule has 1 nitrogen and oxygen atoms in total. The molecular weight excluding hydrogens is 172 g/mol. The molecule has 1 rings (SSSR count). The van der Waals surface area contributed by atoms with Crippen LogP contribution in [0, 0.1) is 5.92 Å². The molecule has 1 unspecified atom stereocenters. The molecule has 3 heteroatoms. The second-order valence-corrected chi connectivity index (χ2v) is 4.30. The standard InChI is InChI=1S/C10H19F2N/c1-4-9(8(2)3)13-6-5-10(11,12)7-13/h8-9H,4-7H2,1-3H3. The van der Waals surface area contributed by atoms with E-state index in [0.29, 0.717) is 18.5 Å². The predicted molar refractivity (Wildman–Crippen MR) is 50.1 cm³/mol. The van der Waals surface area contributed by atoms with Crippen LogP contribution >= 0.6 is 0 Å². The largest absolute Gasteiger partial charge is 0.294 e. The van der Waals surface area contributed by atoms with Gasteiger partial charge < -0.3 is 0 Å². The molecule has 0 spiro atoms. The average Bonchev–Trinajstić information content (AvgIpc) is 2.31. The van der Waals surface area contributed by atoms with Gasteiger partial charge in [-0.25, -0.2) is 8.78 Å². The maximum absolute atomic E-state index is 12.9. The number of nitrogens with zero attached hydrogens (tertiary/aromatic N) is 1. The van der Waals surface area contributed by atoms with Gasteiger partial charge >= 0.3 is 0 Å². The summed E-state index contributed by atoms with van der Waals surface area (Å²) in [5, 5.41) is 0. The van der Waals surface area contributed by atoms with E-state index in [2.05, 4.69) is 20.8 Å². The molecule has 0 saturated carbocycles. The summed E-state index contributed by atoms with van der Waals surface area (Å²) in [4.78, 5) is 1.94. The fourth-order valence-corrected chi connectivity index (χ4v) is 2.20. The molecule has 1 heterocycles. The molecule has 0 aromatic rings. The zero-order valence-electron chi connectivity index (χ0n) is 8.69. The Hall–Kier alpha value is -0.180. The molecule has 1 aliphatic rings. The van der Waals surface area contributed by atoms with Crippen LogP contribution in [0.25, 0.3) is 0 Å². The number of hydrogen-bond donors (Lipinski definition) is 0. The van der Waals surface area contributed by atoms with Gasteiger partial charge in [-0.3, -0.25) is 4.90 Å². The van der Waals surface area contributed by atoms with Crippen LogP contribution in [-0.4, -0.2) is 30.0 Å². The summed E-state index contributed by atoms with van der Waals surface area (Å²) < 4.78 is 25.8. The molecule has 1 aliphatic heterocycles. The molecule has 13 heavy (non-hydrogen) atoms. The summed E-state index contributed by atoms with van der Waals surface area (Å²) in [5.41, 5.74) is 0. The van der Waals surface area contributed by atoms with Crippen LogP contribution in [0.3, 0.4) is 0 Å². The monoisotopic (exact) mass is 191 g/mol. The molecule has 0 aliphatic carbocycles. The predicted octanol–water partition coefficient (Wildman–Crippen LogP) is 2.76. The van der Waals surface area contributed by atoms with Crippen molar-refractivity contribution >= 4 is 0 Å². The summed E-state index contributed by atoms with van der Waals surface area (Å²) in [6.45, 7) is 6.80. The van der Waals surface area contributed by atoms with Crippen molar-refractivity contribution in [2.24, 2.45) is 5.92 Å². The SMILES string of the molecule is CCC(C(C)C)N1CCC(F)(F)C1. The Morgan fingerprint density at radius 1 is 1.38 bits per heavy atom. The molecule has 0 radical (unpaired) electrons. The van der Waals surface area contributed by atoms with Crippen molar-refractivity contribution < 1.29 is 8.78 Å². The fourth-order valence-electron chi connectivity index (χ4n) is 2.20. The van der Waals surface area contributed by atoms with E-state index in [1.165, 1.54) is 0 Å². The van der Waals surface area contributed by atoms with Gasteiger partial charge in [-0.05, 0) is 12.3 Å². The maximum Gasteiger partial charge on any atom is 0.261 e. The minimum Gasteiger partial charge on any atom is -0.294 e. The topological polar surface area (TPSA) is 3.24 Å². The molecular formula is C10H19F2N. The molecule has 1 atom stereocenters. The van der Waals surface area contributed by atoms with E-state index < -0.39 is 5.92 Å². The quantitative estimate of drug-likeness (QED) is 0.663. The summed E-state index contributed by atoms with van der Waals surface area (Å²) in [6.07, 6.45) is 1.00. The normalized spacial score (nSPS) is 25.4. The van der Waals surface area contributed by atoms with Gasteiger partial charge in [-0.15, -0.1) is 0 Å². The third kappa shape index (κ3) is 2.63.